The third-order valence-electron chi connectivity index (χ3n) is 2.42. The fourth-order valence-corrected chi connectivity index (χ4v) is 1.48. The number of aliphatic hydroxyl groups is 1. The van der Waals surface area contributed by atoms with Gasteiger partial charge in [0.1, 0.15) is 5.82 Å². The molecule has 0 heterocycles. The normalized spacial score (nSPS) is 14.9. The SMILES string of the molecule is COCC(C)C(O)Cc1cccc(F)c1. The summed E-state index contributed by atoms with van der Waals surface area (Å²) < 4.78 is 17.8. The average molecular weight is 212 g/mol. The summed E-state index contributed by atoms with van der Waals surface area (Å²) in [7, 11) is 1.60. The van der Waals surface area contributed by atoms with Crippen molar-refractivity contribution in [2.24, 2.45) is 5.92 Å². The van der Waals surface area contributed by atoms with Crippen molar-refractivity contribution in [3.8, 4) is 0 Å². The van der Waals surface area contributed by atoms with Crippen LogP contribution in [0.3, 0.4) is 0 Å². The van der Waals surface area contributed by atoms with Crippen molar-refractivity contribution in [1.29, 1.82) is 0 Å². The molecule has 1 N–H and O–H groups in total. The van der Waals surface area contributed by atoms with Crippen molar-refractivity contribution in [3.63, 3.8) is 0 Å². The summed E-state index contributed by atoms with van der Waals surface area (Å²) >= 11 is 0. The predicted molar refractivity (Wildman–Crippen MR) is 57.2 cm³/mol. The van der Waals surface area contributed by atoms with Gasteiger partial charge in [0.25, 0.3) is 0 Å². The Morgan fingerprint density at radius 2 is 2.20 bits per heavy atom. The number of ether oxygens (including phenoxy) is 1. The van der Waals surface area contributed by atoms with Crippen LogP contribution < -0.4 is 0 Å². The number of hydrogen-bond acceptors (Lipinski definition) is 2. The first-order valence-electron chi connectivity index (χ1n) is 5.05. The number of benzene rings is 1. The Morgan fingerprint density at radius 3 is 2.80 bits per heavy atom. The van der Waals surface area contributed by atoms with E-state index in [0.29, 0.717) is 13.0 Å². The largest absolute Gasteiger partial charge is 0.392 e. The molecule has 2 nitrogen and oxygen atoms in total. The van der Waals surface area contributed by atoms with E-state index in [4.69, 9.17) is 4.74 Å². The maximum atomic E-state index is 12.9. The molecule has 0 radical (unpaired) electrons. The lowest BCUT2D eigenvalue weighted by Crippen LogP contribution is -2.24. The molecule has 0 aliphatic rings. The van der Waals surface area contributed by atoms with Crippen molar-refractivity contribution in [3.05, 3.63) is 35.6 Å². The Kier molecular flexibility index (Phi) is 4.72. The second-order valence-electron chi connectivity index (χ2n) is 3.83. The molecular weight excluding hydrogens is 195 g/mol. The van der Waals surface area contributed by atoms with Crippen LogP contribution in [-0.2, 0) is 11.2 Å². The zero-order chi connectivity index (χ0) is 11.3. The molecule has 84 valence electrons. The molecule has 2 unspecified atom stereocenters. The van der Waals surface area contributed by atoms with Gasteiger partial charge in [-0.05, 0) is 24.1 Å². The fourth-order valence-electron chi connectivity index (χ4n) is 1.48. The summed E-state index contributed by atoms with van der Waals surface area (Å²) in [6, 6.07) is 6.31. The molecule has 15 heavy (non-hydrogen) atoms. The second-order valence-corrected chi connectivity index (χ2v) is 3.83. The number of methoxy groups -OCH3 is 1. The number of halogens is 1. The van der Waals surface area contributed by atoms with E-state index in [0.717, 1.165) is 5.56 Å². The van der Waals surface area contributed by atoms with Crippen LogP contribution in [0.4, 0.5) is 4.39 Å². The summed E-state index contributed by atoms with van der Waals surface area (Å²) in [5.74, 6) is -0.211. The van der Waals surface area contributed by atoms with Crippen molar-refractivity contribution in [1.82, 2.24) is 0 Å². The molecule has 0 saturated heterocycles. The first-order chi connectivity index (χ1) is 7.13. The molecule has 1 rings (SSSR count). The minimum atomic E-state index is -0.494. The molecule has 0 aliphatic carbocycles. The van der Waals surface area contributed by atoms with Gasteiger partial charge in [0.2, 0.25) is 0 Å². The quantitative estimate of drug-likeness (QED) is 0.809. The Bertz CT molecular complexity index is 301. The molecule has 0 bridgehead atoms. The van der Waals surface area contributed by atoms with Gasteiger partial charge in [-0.1, -0.05) is 19.1 Å². The fraction of sp³-hybridized carbons (Fsp3) is 0.500. The van der Waals surface area contributed by atoms with Crippen LogP contribution in [0.2, 0.25) is 0 Å². The first-order valence-corrected chi connectivity index (χ1v) is 5.05. The minimum Gasteiger partial charge on any atom is -0.392 e. The summed E-state index contributed by atoms with van der Waals surface area (Å²) in [6.07, 6.45) is -0.0331. The van der Waals surface area contributed by atoms with Gasteiger partial charge in [-0.15, -0.1) is 0 Å². The highest BCUT2D eigenvalue weighted by Gasteiger charge is 2.14. The third kappa shape index (κ3) is 3.98. The van der Waals surface area contributed by atoms with E-state index < -0.39 is 6.10 Å². The summed E-state index contributed by atoms with van der Waals surface area (Å²) in [5.41, 5.74) is 0.811. The van der Waals surface area contributed by atoms with E-state index >= 15 is 0 Å². The Balaban J connectivity index is 2.54. The smallest absolute Gasteiger partial charge is 0.123 e. The first kappa shape index (κ1) is 12.1. The van der Waals surface area contributed by atoms with Gasteiger partial charge in [-0.25, -0.2) is 4.39 Å². The van der Waals surface area contributed by atoms with Gasteiger partial charge >= 0.3 is 0 Å². The van der Waals surface area contributed by atoms with Gasteiger partial charge in [-0.3, -0.25) is 0 Å². The van der Waals surface area contributed by atoms with Gasteiger partial charge in [0, 0.05) is 13.0 Å². The van der Waals surface area contributed by atoms with Crippen molar-refractivity contribution in [2.75, 3.05) is 13.7 Å². The Hall–Kier alpha value is -0.930. The molecule has 1 aromatic rings. The lowest BCUT2D eigenvalue weighted by Gasteiger charge is -2.17. The topological polar surface area (TPSA) is 29.5 Å². The molecule has 0 aromatic heterocycles. The van der Waals surface area contributed by atoms with Crippen molar-refractivity contribution in [2.45, 2.75) is 19.4 Å². The van der Waals surface area contributed by atoms with E-state index in [1.54, 1.807) is 13.2 Å². The monoisotopic (exact) mass is 212 g/mol. The van der Waals surface area contributed by atoms with E-state index in [2.05, 4.69) is 0 Å². The lowest BCUT2D eigenvalue weighted by molar-refractivity contribution is 0.0574. The number of aliphatic hydroxyl groups excluding tert-OH is 1. The maximum Gasteiger partial charge on any atom is 0.123 e. The zero-order valence-electron chi connectivity index (χ0n) is 9.11. The van der Waals surface area contributed by atoms with E-state index in [1.165, 1.54) is 12.1 Å². The van der Waals surface area contributed by atoms with Crippen LogP contribution in [0.1, 0.15) is 12.5 Å². The molecule has 3 heteroatoms. The molecule has 2 atom stereocenters. The van der Waals surface area contributed by atoms with Crippen molar-refractivity contribution < 1.29 is 14.2 Å². The molecule has 0 spiro atoms. The molecule has 1 aromatic carbocycles. The zero-order valence-corrected chi connectivity index (χ0v) is 9.11. The molecule has 0 aliphatic heterocycles. The molecular formula is C12H17FO2. The van der Waals surface area contributed by atoms with Gasteiger partial charge in [-0.2, -0.15) is 0 Å². The van der Waals surface area contributed by atoms with Gasteiger partial charge in [0.15, 0.2) is 0 Å². The Morgan fingerprint density at radius 1 is 1.47 bits per heavy atom. The second kappa shape index (κ2) is 5.83. The van der Waals surface area contributed by atoms with Crippen LogP contribution in [0, 0.1) is 11.7 Å². The van der Waals surface area contributed by atoms with Gasteiger partial charge < -0.3 is 9.84 Å². The number of hydrogen-bond donors (Lipinski definition) is 1. The highest BCUT2D eigenvalue weighted by Crippen LogP contribution is 2.12. The van der Waals surface area contributed by atoms with Crippen molar-refractivity contribution >= 4 is 0 Å². The third-order valence-corrected chi connectivity index (χ3v) is 2.42. The standard InChI is InChI=1S/C12H17FO2/c1-9(8-15-2)12(14)7-10-4-3-5-11(13)6-10/h3-6,9,12,14H,7-8H2,1-2H3. The number of rotatable bonds is 5. The minimum absolute atomic E-state index is 0.0540. The Labute approximate surface area is 89.7 Å². The van der Waals surface area contributed by atoms with E-state index in [-0.39, 0.29) is 11.7 Å². The van der Waals surface area contributed by atoms with E-state index in [9.17, 15) is 9.50 Å². The summed E-state index contributed by atoms with van der Waals surface area (Å²) in [5, 5.41) is 9.79. The summed E-state index contributed by atoms with van der Waals surface area (Å²) in [6.45, 7) is 2.42. The molecule has 0 saturated carbocycles. The highest BCUT2D eigenvalue weighted by molar-refractivity contribution is 5.17. The van der Waals surface area contributed by atoms with Gasteiger partial charge in [0.05, 0.1) is 12.7 Å². The van der Waals surface area contributed by atoms with E-state index in [1.807, 2.05) is 13.0 Å². The van der Waals surface area contributed by atoms with Crippen LogP contribution in [0.25, 0.3) is 0 Å². The van der Waals surface area contributed by atoms with Crippen LogP contribution in [0.15, 0.2) is 24.3 Å². The van der Waals surface area contributed by atoms with Crippen LogP contribution in [-0.4, -0.2) is 24.9 Å². The molecule has 0 fully saturated rings. The average Bonchev–Trinajstić information content (AvgIpc) is 2.18. The lowest BCUT2D eigenvalue weighted by atomic mass is 9.98. The maximum absolute atomic E-state index is 12.9. The predicted octanol–water partition coefficient (Wildman–Crippen LogP) is 2.01. The highest BCUT2D eigenvalue weighted by atomic mass is 19.1. The molecule has 0 amide bonds. The van der Waals surface area contributed by atoms with Crippen LogP contribution >= 0.6 is 0 Å². The summed E-state index contributed by atoms with van der Waals surface area (Å²) in [4.78, 5) is 0. The van der Waals surface area contributed by atoms with Crippen LogP contribution in [0.5, 0.6) is 0 Å².